The monoisotopic (exact) mass is 580 g/mol. The van der Waals surface area contributed by atoms with Crippen LogP contribution in [-0.4, -0.2) is 81.3 Å². The molecular formula is C28H38Cl2N4O5. The van der Waals surface area contributed by atoms with Crippen LogP contribution >= 0.6 is 24.0 Å². The lowest BCUT2D eigenvalue weighted by Gasteiger charge is -2.38. The van der Waals surface area contributed by atoms with Crippen LogP contribution in [0.15, 0.2) is 36.4 Å². The van der Waals surface area contributed by atoms with Gasteiger partial charge >= 0.3 is 6.03 Å². The Morgan fingerprint density at radius 2 is 1.59 bits per heavy atom. The number of methoxy groups -OCH3 is 3. The molecule has 214 valence electrons. The van der Waals surface area contributed by atoms with Crippen LogP contribution in [-0.2, 0) is 11.2 Å². The van der Waals surface area contributed by atoms with Crippen molar-refractivity contribution in [3.63, 3.8) is 0 Å². The molecule has 0 spiro atoms. The molecule has 4 rings (SSSR count). The zero-order chi connectivity index (χ0) is 27.2. The highest BCUT2D eigenvalue weighted by Gasteiger charge is 2.39. The average molecular weight is 582 g/mol. The van der Waals surface area contributed by atoms with Crippen molar-refractivity contribution in [3.8, 4) is 17.2 Å². The zero-order valence-electron chi connectivity index (χ0n) is 22.9. The SMILES string of the molecule is COc1cc(NC(=O)N[C@@H]2CN(C(C)=O)C[C@H]2N2CCC(Cc3ccc(Cl)cc3)CC2)cc(OC)c1OC.Cl. The van der Waals surface area contributed by atoms with Crippen molar-refractivity contribution < 1.29 is 23.8 Å². The molecule has 2 fully saturated rings. The molecule has 9 nitrogen and oxygen atoms in total. The number of ether oxygens (including phenoxy) is 3. The summed E-state index contributed by atoms with van der Waals surface area (Å²) < 4.78 is 16.1. The molecule has 2 atom stereocenters. The Labute approximate surface area is 241 Å². The van der Waals surface area contributed by atoms with Crippen LogP contribution in [0.2, 0.25) is 5.02 Å². The number of carbonyl (C=O) groups excluding carboxylic acids is 2. The fourth-order valence-electron chi connectivity index (χ4n) is 5.49. The van der Waals surface area contributed by atoms with Gasteiger partial charge in [0.1, 0.15) is 0 Å². The first-order chi connectivity index (χ1) is 18.3. The second kappa shape index (κ2) is 14.0. The molecule has 2 aromatic carbocycles. The summed E-state index contributed by atoms with van der Waals surface area (Å²) in [4.78, 5) is 29.5. The number of piperidine rings is 1. The lowest BCUT2D eigenvalue weighted by molar-refractivity contribution is -0.128. The number of anilines is 1. The molecule has 11 heteroatoms. The molecule has 0 aromatic heterocycles. The standard InChI is InChI=1S/C28H37ClN4O5.ClH/c1-18(34)33-16-23(31-28(35)30-22-14-25(36-2)27(38-4)26(15-22)37-3)24(17-33)32-11-9-20(10-12-32)13-19-5-7-21(29)8-6-19;/h5-8,14-15,20,23-24H,9-13,16-17H2,1-4H3,(H2,30,31,35);1H/t23-,24-;/m1./s1. The molecule has 3 amide bonds. The van der Waals surface area contributed by atoms with E-state index in [4.69, 9.17) is 25.8 Å². The molecule has 2 saturated heterocycles. The number of urea groups is 1. The molecule has 2 heterocycles. The molecule has 2 aliphatic heterocycles. The maximum atomic E-state index is 13.0. The summed E-state index contributed by atoms with van der Waals surface area (Å²) in [5.74, 6) is 1.97. The predicted molar refractivity (Wildman–Crippen MR) is 155 cm³/mol. The van der Waals surface area contributed by atoms with Crippen molar-refractivity contribution in [1.29, 1.82) is 0 Å². The van der Waals surface area contributed by atoms with Crippen molar-refractivity contribution in [2.24, 2.45) is 5.92 Å². The van der Waals surface area contributed by atoms with Crippen LogP contribution in [0.5, 0.6) is 17.2 Å². The van der Waals surface area contributed by atoms with Gasteiger partial charge in [0.2, 0.25) is 11.7 Å². The predicted octanol–water partition coefficient (Wildman–Crippen LogP) is 4.46. The third-order valence-corrected chi connectivity index (χ3v) is 7.78. The lowest BCUT2D eigenvalue weighted by Crippen LogP contribution is -2.54. The minimum absolute atomic E-state index is 0. The molecule has 0 unspecified atom stereocenters. The number of hydrogen-bond donors (Lipinski definition) is 2. The van der Waals surface area contributed by atoms with Gasteiger partial charge in [-0.25, -0.2) is 4.79 Å². The largest absolute Gasteiger partial charge is 0.493 e. The van der Waals surface area contributed by atoms with Crippen molar-refractivity contribution in [2.45, 2.75) is 38.3 Å². The van der Waals surface area contributed by atoms with E-state index >= 15 is 0 Å². The topological polar surface area (TPSA) is 92.4 Å². The van der Waals surface area contributed by atoms with Crippen LogP contribution in [0.25, 0.3) is 0 Å². The van der Waals surface area contributed by atoms with Crippen molar-refractivity contribution in [1.82, 2.24) is 15.1 Å². The maximum Gasteiger partial charge on any atom is 0.319 e. The van der Waals surface area contributed by atoms with Gasteiger partial charge in [-0.15, -0.1) is 12.4 Å². The van der Waals surface area contributed by atoms with Crippen LogP contribution in [0.3, 0.4) is 0 Å². The number of nitrogens with zero attached hydrogens (tertiary/aromatic N) is 2. The number of benzene rings is 2. The van der Waals surface area contributed by atoms with Crippen LogP contribution < -0.4 is 24.8 Å². The van der Waals surface area contributed by atoms with Crippen LogP contribution in [0.1, 0.15) is 25.3 Å². The van der Waals surface area contributed by atoms with Crippen molar-refractivity contribution >= 4 is 41.6 Å². The highest BCUT2D eigenvalue weighted by Crippen LogP contribution is 2.40. The highest BCUT2D eigenvalue weighted by atomic mass is 35.5. The molecule has 0 radical (unpaired) electrons. The normalized spacial score (nSPS) is 19.7. The van der Waals surface area contributed by atoms with E-state index in [0.29, 0.717) is 41.9 Å². The lowest BCUT2D eigenvalue weighted by atomic mass is 9.89. The van der Waals surface area contributed by atoms with Gasteiger partial charge in [-0.05, 0) is 56.0 Å². The first-order valence-corrected chi connectivity index (χ1v) is 13.3. The Balaban J connectivity index is 0.00000420. The summed E-state index contributed by atoms with van der Waals surface area (Å²) in [6.07, 6.45) is 3.18. The molecule has 2 N–H and O–H groups in total. The number of rotatable bonds is 8. The highest BCUT2D eigenvalue weighted by molar-refractivity contribution is 6.30. The number of carbonyl (C=O) groups is 2. The third-order valence-electron chi connectivity index (χ3n) is 7.53. The Morgan fingerprint density at radius 1 is 0.974 bits per heavy atom. The maximum absolute atomic E-state index is 13.0. The third kappa shape index (κ3) is 7.62. The van der Waals surface area contributed by atoms with E-state index in [1.807, 2.05) is 17.0 Å². The van der Waals surface area contributed by atoms with Gasteiger partial charge in [-0.3, -0.25) is 9.69 Å². The molecule has 2 aromatic rings. The number of amides is 3. The number of halogens is 2. The molecule has 0 saturated carbocycles. The van der Waals surface area contributed by atoms with Crippen LogP contribution in [0, 0.1) is 5.92 Å². The summed E-state index contributed by atoms with van der Waals surface area (Å²) in [5, 5.41) is 6.74. The van der Waals surface area contributed by atoms with E-state index in [-0.39, 0.29) is 36.4 Å². The smallest absolute Gasteiger partial charge is 0.319 e. The van der Waals surface area contributed by atoms with Gasteiger partial charge in [0.25, 0.3) is 0 Å². The van der Waals surface area contributed by atoms with Gasteiger partial charge in [0.05, 0.1) is 33.1 Å². The fraction of sp³-hybridized carbons (Fsp3) is 0.500. The minimum Gasteiger partial charge on any atom is -0.493 e. The summed E-state index contributed by atoms with van der Waals surface area (Å²) in [6, 6.07) is 11.0. The van der Waals surface area contributed by atoms with Gasteiger partial charge < -0.3 is 29.7 Å². The molecule has 0 bridgehead atoms. The minimum atomic E-state index is -0.350. The van der Waals surface area contributed by atoms with Gasteiger partial charge in [0.15, 0.2) is 11.5 Å². The number of likely N-dealkylation sites (tertiary alicyclic amines) is 2. The molecule has 39 heavy (non-hydrogen) atoms. The van der Waals surface area contributed by atoms with Crippen molar-refractivity contribution in [3.05, 3.63) is 47.0 Å². The Bertz CT molecular complexity index is 1100. The van der Waals surface area contributed by atoms with E-state index in [2.05, 4.69) is 27.7 Å². The summed E-state index contributed by atoms with van der Waals surface area (Å²) in [6.45, 7) is 4.52. The first kappa shape index (κ1) is 30.7. The van der Waals surface area contributed by atoms with E-state index in [0.717, 1.165) is 37.4 Å². The first-order valence-electron chi connectivity index (χ1n) is 12.9. The summed E-state index contributed by atoms with van der Waals surface area (Å²) in [7, 11) is 4.58. The van der Waals surface area contributed by atoms with Crippen LogP contribution in [0.4, 0.5) is 10.5 Å². The second-order valence-electron chi connectivity index (χ2n) is 9.92. The van der Waals surface area contributed by atoms with Gasteiger partial charge in [-0.2, -0.15) is 0 Å². The molecule has 0 aliphatic carbocycles. The molecular weight excluding hydrogens is 543 g/mol. The second-order valence-corrected chi connectivity index (χ2v) is 10.4. The number of hydrogen-bond acceptors (Lipinski definition) is 6. The van der Waals surface area contributed by atoms with Gasteiger partial charge in [-0.1, -0.05) is 23.7 Å². The average Bonchev–Trinajstić information content (AvgIpc) is 3.33. The summed E-state index contributed by atoms with van der Waals surface area (Å²) >= 11 is 6.03. The number of nitrogens with one attached hydrogen (secondary N) is 2. The quantitative estimate of drug-likeness (QED) is 0.479. The van der Waals surface area contributed by atoms with E-state index in [1.165, 1.54) is 26.9 Å². The Hall–Kier alpha value is -2.88. The fourth-order valence-corrected chi connectivity index (χ4v) is 5.61. The van der Waals surface area contributed by atoms with Crippen molar-refractivity contribution in [2.75, 3.05) is 52.8 Å². The zero-order valence-corrected chi connectivity index (χ0v) is 24.4. The Kier molecular flexibility index (Phi) is 11.0. The Morgan fingerprint density at radius 3 is 2.13 bits per heavy atom. The summed E-state index contributed by atoms with van der Waals surface area (Å²) in [5.41, 5.74) is 1.82. The van der Waals surface area contributed by atoms with E-state index < -0.39 is 0 Å². The molecule has 2 aliphatic rings. The van der Waals surface area contributed by atoms with E-state index in [1.54, 1.807) is 19.1 Å². The van der Waals surface area contributed by atoms with Gasteiger partial charge in [0, 0.05) is 43.2 Å². The van der Waals surface area contributed by atoms with E-state index in [9.17, 15) is 9.59 Å².